The number of amides is 2. The normalized spacial score (nSPS) is 11.5. The molecule has 1 aromatic heterocycles. The molecule has 0 radical (unpaired) electrons. The molecule has 22 heavy (non-hydrogen) atoms. The molecule has 2 rings (SSSR count). The third-order valence-corrected chi connectivity index (χ3v) is 3.16. The van der Waals surface area contributed by atoms with Crippen LogP contribution in [0.1, 0.15) is 24.2 Å². The van der Waals surface area contributed by atoms with Gasteiger partial charge in [0.15, 0.2) is 0 Å². The first-order valence-electron chi connectivity index (χ1n) is 7.16. The van der Waals surface area contributed by atoms with Gasteiger partial charge in [-0.05, 0) is 24.6 Å². The van der Waals surface area contributed by atoms with Crippen LogP contribution < -0.4 is 10.6 Å². The predicted octanol–water partition coefficient (Wildman–Crippen LogP) is 1.62. The zero-order chi connectivity index (χ0) is 15.8. The minimum Gasteiger partial charge on any atom is -0.347 e. The first kappa shape index (κ1) is 15.7. The lowest BCUT2D eigenvalue weighted by Gasteiger charge is -2.13. The SMILES string of the molecule is C[C@H](NC(=O)CNC(=O)Cc1ccccc1)c1ccccn1. The van der Waals surface area contributed by atoms with Crippen molar-refractivity contribution in [3.63, 3.8) is 0 Å². The molecule has 1 heterocycles. The molecule has 0 fully saturated rings. The van der Waals surface area contributed by atoms with E-state index in [1.807, 2.05) is 55.5 Å². The molecule has 0 unspecified atom stereocenters. The van der Waals surface area contributed by atoms with E-state index in [1.165, 1.54) is 0 Å². The molecule has 2 amide bonds. The summed E-state index contributed by atoms with van der Waals surface area (Å²) in [7, 11) is 0. The number of carbonyl (C=O) groups is 2. The second-order valence-electron chi connectivity index (χ2n) is 4.98. The molecule has 5 nitrogen and oxygen atoms in total. The van der Waals surface area contributed by atoms with Gasteiger partial charge < -0.3 is 10.6 Å². The standard InChI is InChI=1S/C17H19N3O2/c1-13(15-9-5-6-10-18-15)20-17(22)12-19-16(21)11-14-7-3-2-4-8-14/h2-10,13H,11-12H2,1H3,(H,19,21)(H,20,22)/t13-/m0/s1. The van der Waals surface area contributed by atoms with Crippen molar-refractivity contribution in [2.75, 3.05) is 6.54 Å². The van der Waals surface area contributed by atoms with Crippen molar-refractivity contribution in [2.24, 2.45) is 0 Å². The smallest absolute Gasteiger partial charge is 0.239 e. The summed E-state index contributed by atoms with van der Waals surface area (Å²) >= 11 is 0. The van der Waals surface area contributed by atoms with Crippen molar-refractivity contribution in [3.8, 4) is 0 Å². The van der Waals surface area contributed by atoms with Crippen molar-refractivity contribution in [3.05, 3.63) is 66.0 Å². The maximum absolute atomic E-state index is 11.8. The third kappa shape index (κ3) is 5.01. The number of nitrogens with zero attached hydrogens (tertiary/aromatic N) is 1. The fraction of sp³-hybridized carbons (Fsp3) is 0.235. The molecule has 5 heteroatoms. The van der Waals surface area contributed by atoms with Gasteiger partial charge in [0, 0.05) is 6.20 Å². The van der Waals surface area contributed by atoms with Crippen molar-refractivity contribution in [2.45, 2.75) is 19.4 Å². The van der Waals surface area contributed by atoms with Crippen LogP contribution in [0.25, 0.3) is 0 Å². The Bertz CT molecular complexity index is 614. The monoisotopic (exact) mass is 297 g/mol. The fourth-order valence-electron chi connectivity index (χ4n) is 2.02. The molecule has 0 aliphatic carbocycles. The summed E-state index contributed by atoms with van der Waals surface area (Å²) < 4.78 is 0. The highest BCUT2D eigenvalue weighted by molar-refractivity contribution is 5.85. The number of hydrogen-bond donors (Lipinski definition) is 2. The van der Waals surface area contributed by atoms with Crippen LogP contribution in [-0.2, 0) is 16.0 Å². The van der Waals surface area contributed by atoms with Gasteiger partial charge in [0.2, 0.25) is 11.8 Å². The van der Waals surface area contributed by atoms with E-state index in [0.29, 0.717) is 0 Å². The lowest BCUT2D eigenvalue weighted by molar-refractivity contribution is -0.126. The average molecular weight is 297 g/mol. The van der Waals surface area contributed by atoms with E-state index in [-0.39, 0.29) is 30.8 Å². The summed E-state index contributed by atoms with van der Waals surface area (Å²) in [6, 6.07) is 14.8. The largest absolute Gasteiger partial charge is 0.347 e. The van der Waals surface area contributed by atoms with Gasteiger partial charge in [-0.3, -0.25) is 14.6 Å². The van der Waals surface area contributed by atoms with Gasteiger partial charge in [0.1, 0.15) is 0 Å². The molecule has 114 valence electrons. The Morgan fingerprint density at radius 1 is 1.05 bits per heavy atom. The summed E-state index contributed by atoms with van der Waals surface area (Å²) in [5.41, 5.74) is 1.70. The highest BCUT2D eigenvalue weighted by Gasteiger charge is 2.11. The first-order valence-corrected chi connectivity index (χ1v) is 7.16. The average Bonchev–Trinajstić information content (AvgIpc) is 2.55. The molecule has 2 aromatic rings. The molecule has 0 saturated heterocycles. The van der Waals surface area contributed by atoms with Crippen LogP contribution in [0.3, 0.4) is 0 Å². The van der Waals surface area contributed by atoms with Crippen LogP contribution in [0, 0.1) is 0 Å². The Morgan fingerprint density at radius 3 is 2.45 bits per heavy atom. The number of pyridine rings is 1. The third-order valence-electron chi connectivity index (χ3n) is 3.16. The lowest BCUT2D eigenvalue weighted by atomic mass is 10.1. The maximum atomic E-state index is 11.8. The second kappa shape index (κ2) is 7.93. The Morgan fingerprint density at radius 2 is 1.77 bits per heavy atom. The van der Waals surface area contributed by atoms with Crippen molar-refractivity contribution in [1.82, 2.24) is 15.6 Å². The minimum atomic E-state index is -0.237. The van der Waals surface area contributed by atoms with E-state index < -0.39 is 0 Å². The van der Waals surface area contributed by atoms with E-state index in [1.54, 1.807) is 6.20 Å². The van der Waals surface area contributed by atoms with Crippen LogP contribution >= 0.6 is 0 Å². The second-order valence-corrected chi connectivity index (χ2v) is 4.98. The molecule has 0 bridgehead atoms. The van der Waals surface area contributed by atoms with Crippen LogP contribution in [0.5, 0.6) is 0 Å². The highest BCUT2D eigenvalue weighted by atomic mass is 16.2. The van der Waals surface area contributed by atoms with Crippen molar-refractivity contribution < 1.29 is 9.59 Å². The summed E-state index contributed by atoms with van der Waals surface area (Å²) in [6.07, 6.45) is 1.95. The number of nitrogens with one attached hydrogen (secondary N) is 2. The summed E-state index contributed by atoms with van der Waals surface area (Å²) in [5.74, 6) is -0.411. The molecular formula is C17H19N3O2. The fourth-order valence-corrected chi connectivity index (χ4v) is 2.02. The van der Waals surface area contributed by atoms with E-state index in [9.17, 15) is 9.59 Å². The molecule has 0 aliphatic rings. The van der Waals surface area contributed by atoms with Gasteiger partial charge in [-0.2, -0.15) is 0 Å². The Kier molecular flexibility index (Phi) is 5.65. The number of aromatic nitrogens is 1. The molecule has 0 saturated carbocycles. The zero-order valence-corrected chi connectivity index (χ0v) is 12.5. The number of benzene rings is 1. The number of hydrogen-bond acceptors (Lipinski definition) is 3. The molecular weight excluding hydrogens is 278 g/mol. The van der Waals surface area contributed by atoms with Crippen LogP contribution in [0.2, 0.25) is 0 Å². The lowest BCUT2D eigenvalue weighted by Crippen LogP contribution is -2.38. The van der Waals surface area contributed by atoms with Gasteiger partial charge in [-0.1, -0.05) is 36.4 Å². The van der Waals surface area contributed by atoms with Gasteiger partial charge >= 0.3 is 0 Å². The summed E-state index contributed by atoms with van der Waals surface area (Å²) in [4.78, 5) is 27.8. The quantitative estimate of drug-likeness (QED) is 0.851. The number of carbonyl (C=O) groups excluding carboxylic acids is 2. The van der Waals surface area contributed by atoms with Crippen molar-refractivity contribution in [1.29, 1.82) is 0 Å². The van der Waals surface area contributed by atoms with Gasteiger partial charge in [-0.15, -0.1) is 0 Å². The first-order chi connectivity index (χ1) is 10.6. The van der Waals surface area contributed by atoms with Crippen LogP contribution in [0.4, 0.5) is 0 Å². The summed E-state index contributed by atoms with van der Waals surface area (Å²) in [6.45, 7) is 1.81. The Balaban J connectivity index is 1.74. The van der Waals surface area contributed by atoms with E-state index in [0.717, 1.165) is 11.3 Å². The molecule has 1 atom stereocenters. The van der Waals surface area contributed by atoms with Crippen LogP contribution in [-0.4, -0.2) is 23.3 Å². The van der Waals surface area contributed by atoms with E-state index in [2.05, 4.69) is 15.6 Å². The van der Waals surface area contributed by atoms with E-state index in [4.69, 9.17) is 0 Å². The zero-order valence-electron chi connectivity index (χ0n) is 12.5. The van der Waals surface area contributed by atoms with Gasteiger partial charge in [0.25, 0.3) is 0 Å². The Hall–Kier alpha value is -2.69. The van der Waals surface area contributed by atoms with Crippen molar-refractivity contribution >= 4 is 11.8 Å². The topological polar surface area (TPSA) is 71.1 Å². The maximum Gasteiger partial charge on any atom is 0.239 e. The van der Waals surface area contributed by atoms with Gasteiger partial charge in [-0.25, -0.2) is 0 Å². The number of rotatable bonds is 6. The molecule has 1 aromatic carbocycles. The predicted molar refractivity (Wildman–Crippen MR) is 84.0 cm³/mol. The summed E-state index contributed by atoms with van der Waals surface area (Å²) in [5, 5.41) is 5.42. The molecule has 0 aliphatic heterocycles. The highest BCUT2D eigenvalue weighted by Crippen LogP contribution is 2.07. The van der Waals surface area contributed by atoms with E-state index >= 15 is 0 Å². The molecule has 0 spiro atoms. The van der Waals surface area contributed by atoms with Crippen LogP contribution in [0.15, 0.2) is 54.7 Å². The van der Waals surface area contributed by atoms with Gasteiger partial charge in [0.05, 0.1) is 24.7 Å². The minimum absolute atomic E-state index is 0.0388. The Labute approximate surface area is 129 Å². The molecule has 2 N–H and O–H groups in total.